The van der Waals surface area contributed by atoms with Crippen LogP contribution in [-0.4, -0.2) is 11.2 Å². The lowest BCUT2D eigenvalue weighted by Crippen LogP contribution is -2.13. The van der Waals surface area contributed by atoms with Gasteiger partial charge in [-0.2, -0.15) is 0 Å². The first-order valence-corrected chi connectivity index (χ1v) is 4.57. The van der Waals surface area contributed by atoms with Crippen molar-refractivity contribution < 1.29 is 4.74 Å². The first-order valence-electron chi connectivity index (χ1n) is 4.57. The van der Waals surface area contributed by atoms with Gasteiger partial charge in [-0.05, 0) is 30.7 Å². The molecule has 0 bridgehead atoms. The molecule has 2 nitrogen and oxygen atoms in total. The lowest BCUT2D eigenvalue weighted by molar-refractivity contribution is 0.287. The zero-order valence-electron chi connectivity index (χ0n) is 7.58. The highest BCUT2D eigenvalue weighted by Crippen LogP contribution is 2.30. The van der Waals surface area contributed by atoms with Crippen LogP contribution in [0.4, 0.5) is 0 Å². The van der Waals surface area contributed by atoms with Crippen molar-refractivity contribution in [1.82, 2.24) is 4.57 Å². The molecule has 1 aromatic heterocycles. The largest absolute Gasteiger partial charge is 0.490 e. The van der Waals surface area contributed by atoms with E-state index in [0.29, 0.717) is 0 Å². The fraction of sp³-hybridized carbons (Fsp3) is 0.273. The van der Waals surface area contributed by atoms with Crippen LogP contribution in [0, 0.1) is 6.92 Å². The summed E-state index contributed by atoms with van der Waals surface area (Å²) in [7, 11) is 0. The van der Waals surface area contributed by atoms with Gasteiger partial charge in [-0.1, -0.05) is 0 Å². The first-order chi connectivity index (χ1) is 6.34. The minimum absolute atomic E-state index is 0.792. The number of aromatic nitrogens is 1. The first kappa shape index (κ1) is 7.01. The SMILES string of the molecule is Cc1cc2c3c(ccn3CCO2)c1. The number of benzene rings is 1. The van der Waals surface area contributed by atoms with Gasteiger partial charge in [-0.15, -0.1) is 0 Å². The van der Waals surface area contributed by atoms with Crippen molar-refractivity contribution in [3.8, 4) is 5.75 Å². The molecule has 0 fully saturated rings. The van der Waals surface area contributed by atoms with E-state index in [1.165, 1.54) is 16.5 Å². The maximum absolute atomic E-state index is 5.61. The van der Waals surface area contributed by atoms with Gasteiger partial charge < -0.3 is 9.30 Å². The number of hydrogen-bond donors (Lipinski definition) is 0. The van der Waals surface area contributed by atoms with Crippen molar-refractivity contribution in [2.45, 2.75) is 13.5 Å². The Morgan fingerprint density at radius 2 is 2.31 bits per heavy atom. The Balaban J connectivity index is 2.47. The number of nitrogens with zero attached hydrogens (tertiary/aromatic N) is 1. The van der Waals surface area contributed by atoms with E-state index >= 15 is 0 Å². The van der Waals surface area contributed by atoms with Gasteiger partial charge in [-0.3, -0.25) is 0 Å². The molecule has 0 N–H and O–H groups in total. The van der Waals surface area contributed by atoms with E-state index in [-0.39, 0.29) is 0 Å². The van der Waals surface area contributed by atoms with Gasteiger partial charge >= 0.3 is 0 Å². The van der Waals surface area contributed by atoms with Crippen molar-refractivity contribution >= 4 is 10.9 Å². The standard InChI is InChI=1S/C11H11NO/c1-8-6-9-2-3-12-4-5-13-10(7-8)11(9)12/h2-3,6-7H,4-5H2,1H3. The minimum atomic E-state index is 0.792. The third-order valence-electron chi connectivity index (χ3n) is 2.56. The molecule has 0 spiro atoms. The van der Waals surface area contributed by atoms with Crippen molar-refractivity contribution in [3.05, 3.63) is 30.0 Å². The van der Waals surface area contributed by atoms with Gasteiger partial charge in [0.2, 0.25) is 0 Å². The highest BCUT2D eigenvalue weighted by molar-refractivity contribution is 5.87. The summed E-state index contributed by atoms with van der Waals surface area (Å²) in [5.74, 6) is 1.03. The summed E-state index contributed by atoms with van der Waals surface area (Å²) in [6.45, 7) is 3.87. The maximum Gasteiger partial charge on any atom is 0.143 e. The second-order valence-electron chi connectivity index (χ2n) is 3.56. The molecule has 0 saturated heterocycles. The number of rotatable bonds is 0. The average molecular weight is 173 g/mol. The van der Waals surface area contributed by atoms with E-state index in [2.05, 4.69) is 35.9 Å². The topological polar surface area (TPSA) is 14.2 Å². The van der Waals surface area contributed by atoms with Crippen molar-refractivity contribution in [2.24, 2.45) is 0 Å². The molecule has 0 saturated carbocycles. The Morgan fingerprint density at radius 3 is 3.23 bits per heavy atom. The Hall–Kier alpha value is -1.44. The molecular formula is C11H11NO. The molecule has 1 aliphatic rings. The highest BCUT2D eigenvalue weighted by atomic mass is 16.5. The van der Waals surface area contributed by atoms with Gasteiger partial charge in [-0.25, -0.2) is 0 Å². The lowest BCUT2D eigenvalue weighted by Gasteiger charge is -2.17. The van der Waals surface area contributed by atoms with E-state index in [9.17, 15) is 0 Å². The van der Waals surface area contributed by atoms with E-state index in [4.69, 9.17) is 4.74 Å². The van der Waals surface area contributed by atoms with Crippen LogP contribution in [-0.2, 0) is 6.54 Å². The molecular weight excluding hydrogens is 162 g/mol. The van der Waals surface area contributed by atoms with Gasteiger partial charge in [0.1, 0.15) is 12.4 Å². The maximum atomic E-state index is 5.61. The van der Waals surface area contributed by atoms with Crippen LogP contribution < -0.4 is 4.74 Å². The van der Waals surface area contributed by atoms with Crippen LogP contribution in [0.2, 0.25) is 0 Å². The number of ether oxygens (including phenoxy) is 1. The lowest BCUT2D eigenvalue weighted by atomic mass is 10.1. The predicted octanol–water partition coefficient (Wildman–Crippen LogP) is 2.34. The molecule has 66 valence electrons. The fourth-order valence-corrected chi connectivity index (χ4v) is 2.00. The molecule has 0 aliphatic carbocycles. The number of hydrogen-bond acceptors (Lipinski definition) is 1. The van der Waals surface area contributed by atoms with E-state index < -0.39 is 0 Å². The monoisotopic (exact) mass is 173 g/mol. The zero-order valence-corrected chi connectivity index (χ0v) is 7.58. The van der Waals surface area contributed by atoms with Crippen LogP contribution >= 0.6 is 0 Å². The van der Waals surface area contributed by atoms with Gasteiger partial charge in [0, 0.05) is 11.6 Å². The second-order valence-corrected chi connectivity index (χ2v) is 3.56. The van der Waals surface area contributed by atoms with E-state index in [1.54, 1.807) is 0 Å². The molecule has 2 aromatic rings. The Morgan fingerprint density at radius 1 is 1.38 bits per heavy atom. The summed E-state index contributed by atoms with van der Waals surface area (Å²) in [4.78, 5) is 0. The van der Waals surface area contributed by atoms with Crippen molar-refractivity contribution in [2.75, 3.05) is 6.61 Å². The van der Waals surface area contributed by atoms with Crippen LogP contribution in [0.5, 0.6) is 5.75 Å². The molecule has 2 heterocycles. The van der Waals surface area contributed by atoms with Crippen LogP contribution in [0.25, 0.3) is 10.9 Å². The summed E-state index contributed by atoms with van der Waals surface area (Å²) in [6.07, 6.45) is 2.14. The molecule has 2 heteroatoms. The fourth-order valence-electron chi connectivity index (χ4n) is 2.00. The summed E-state index contributed by atoms with van der Waals surface area (Å²) in [5.41, 5.74) is 2.51. The molecule has 3 rings (SSSR count). The summed E-state index contributed by atoms with van der Waals surface area (Å²) in [5, 5.41) is 1.29. The molecule has 13 heavy (non-hydrogen) atoms. The molecule has 0 unspecified atom stereocenters. The molecule has 0 amide bonds. The summed E-state index contributed by atoms with van der Waals surface area (Å²) < 4.78 is 7.87. The number of aryl methyl sites for hydroxylation is 1. The summed E-state index contributed by atoms with van der Waals surface area (Å²) in [6, 6.07) is 6.46. The Kier molecular flexibility index (Phi) is 1.23. The van der Waals surface area contributed by atoms with Crippen LogP contribution in [0.1, 0.15) is 5.56 Å². The Labute approximate surface area is 76.7 Å². The Bertz CT molecular complexity index is 470. The van der Waals surface area contributed by atoms with E-state index in [1.807, 2.05) is 0 Å². The third kappa shape index (κ3) is 0.886. The smallest absolute Gasteiger partial charge is 0.143 e. The van der Waals surface area contributed by atoms with E-state index in [0.717, 1.165) is 18.9 Å². The van der Waals surface area contributed by atoms with Crippen molar-refractivity contribution in [1.29, 1.82) is 0 Å². The van der Waals surface area contributed by atoms with Crippen LogP contribution in [0.15, 0.2) is 24.4 Å². The third-order valence-corrected chi connectivity index (χ3v) is 2.56. The summed E-state index contributed by atoms with van der Waals surface area (Å²) >= 11 is 0. The molecule has 0 atom stereocenters. The second kappa shape index (κ2) is 2.28. The van der Waals surface area contributed by atoms with Crippen LogP contribution in [0.3, 0.4) is 0 Å². The van der Waals surface area contributed by atoms with Gasteiger partial charge in [0.15, 0.2) is 0 Å². The normalized spacial score (nSPS) is 14.5. The highest BCUT2D eigenvalue weighted by Gasteiger charge is 2.12. The molecule has 0 radical (unpaired) electrons. The molecule has 1 aromatic carbocycles. The van der Waals surface area contributed by atoms with Gasteiger partial charge in [0.25, 0.3) is 0 Å². The quantitative estimate of drug-likeness (QED) is 0.596. The molecule has 1 aliphatic heterocycles. The zero-order chi connectivity index (χ0) is 8.84. The average Bonchev–Trinajstić information content (AvgIpc) is 2.50. The predicted molar refractivity (Wildman–Crippen MR) is 52.2 cm³/mol. The van der Waals surface area contributed by atoms with Crippen molar-refractivity contribution in [3.63, 3.8) is 0 Å². The van der Waals surface area contributed by atoms with Gasteiger partial charge in [0.05, 0.1) is 12.1 Å². The minimum Gasteiger partial charge on any atom is -0.490 e.